The first-order valence-electron chi connectivity index (χ1n) is 7.16. The standard InChI is InChI=1S/C17H21N3O4/c1-21-13-7-5-12(6-8-13)19-17(20-18)11-9-14(22-2)16(24-4)15(10-11)23-3/h5-10H,18H2,1-4H3,(H,19,20). The molecule has 128 valence electrons. The zero-order valence-corrected chi connectivity index (χ0v) is 14.1. The Hall–Kier alpha value is -2.93. The number of hydrazine groups is 1. The normalized spacial score (nSPS) is 11.0. The number of amidine groups is 1. The molecule has 0 unspecified atom stereocenters. The molecule has 3 N–H and O–H groups in total. The van der Waals surface area contributed by atoms with Gasteiger partial charge in [-0.1, -0.05) is 0 Å². The van der Waals surface area contributed by atoms with E-state index in [0.717, 1.165) is 11.4 Å². The van der Waals surface area contributed by atoms with Crippen molar-refractivity contribution in [2.75, 3.05) is 28.4 Å². The van der Waals surface area contributed by atoms with E-state index in [9.17, 15) is 0 Å². The van der Waals surface area contributed by atoms with Crippen LogP contribution in [0.5, 0.6) is 23.0 Å². The van der Waals surface area contributed by atoms with Crippen molar-refractivity contribution in [1.82, 2.24) is 5.43 Å². The predicted octanol–water partition coefficient (Wildman–Crippen LogP) is 2.26. The van der Waals surface area contributed by atoms with Crippen molar-refractivity contribution in [3.05, 3.63) is 42.0 Å². The Bertz CT molecular complexity index is 689. The SMILES string of the molecule is COc1ccc(N=C(NN)c2cc(OC)c(OC)c(OC)c2)cc1. The number of rotatable bonds is 6. The highest BCUT2D eigenvalue weighted by Crippen LogP contribution is 2.38. The van der Waals surface area contributed by atoms with Crippen LogP contribution in [0.25, 0.3) is 0 Å². The second kappa shape index (κ2) is 8.07. The molecule has 0 radical (unpaired) electrons. The van der Waals surface area contributed by atoms with Gasteiger partial charge in [-0.15, -0.1) is 0 Å². The minimum atomic E-state index is 0.458. The van der Waals surface area contributed by atoms with E-state index in [2.05, 4.69) is 10.4 Å². The summed E-state index contributed by atoms with van der Waals surface area (Å²) >= 11 is 0. The molecule has 0 aromatic heterocycles. The lowest BCUT2D eigenvalue weighted by atomic mass is 10.1. The molecule has 7 nitrogen and oxygen atoms in total. The van der Waals surface area contributed by atoms with Gasteiger partial charge in [-0.2, -0.15) is 0 Å². The monoisotopic (exact) mass is 331 g/mol. The van der Waals surface area contributed by atoms with Crippen molar-refractivity contribution in [2.45, 2.75) is 0 Å². The summed E-state index contributed by atoms with van der Waals surface area (Å²) in [4.78, 5) is 4.50. The van der Waals surface area contributed by atoms with Crippen molar-refractivity contribution in [2.24, 2.45) is 10.8 Å². The number of nitrogens with one attached hydrogen (secondary N) is 1. The lowest BCUT2D eigenvalue weighted by molar-refractivity contribution is 0.324. The summed E-state index contributed by atoms with van der Waals surface area (Å²) in [7, 11) is 6.27. The zero-order chi connectivity index (χ0) is 17.5. The lowest BCUT2D eigenvalue weighted by Crippen LogP contribution is -2.31. The Morgan fingerprint density at radius 3 is 1.88 bits per heavy atom. The van der Waals surface area contributed by atoms with Gasteiger partial charge in [0, 0.05) is 5.56 Å². The summed E-state index contributed by atoms with van der Waals surface area (Å²) in [6, 6.07) is 10.8. The Balaban J connectivity index is 2.47. The molecule has 0 aliphatic carbocycles. The summed E-state index contributed by atoms with van der Waals surface area (Å²) in [6.07, 6.45) is 0. The van der Waals surface area contributed by atoms with Crippen molar-refractivity contribution in [3.63, 3.8) is 0 Å². The van der Waals surface area contributed by atoms with E-state index in [4.69, 9.17) is 24.8 Å². The molecule has 0 spiro atoms. The molecule has 0 bridgehead atoms. The summed E-state index contributed by atoms with van der Waals surface area (Å²) in [5.74, 6) is 8.40. The fourth-order valence-corrected chi connectivity index (χ4v) is 2.18. The van der Waals surface area contributed by atoms with Gasteiger partial charge in [-0.05, 0) is 36.4 Å². The number of hydrogen-bond acceptors (Lipinski definition) is 6. The molecular weight excluding hydrogens is 310 g/mol. The first-order chi connectivity index (χ1) is 11.7. The smallest absolute Gasteiger partial charge is 0.203 e. The van der Waals surface area contributed by atoms with E-state index >= 15 is 0 Å². The van der Waals surface area contributed by atoms with Crippen LogP contribution >= 0.6 is 0 Å². The molecule has 0 amide bonds. The van der Waals surface area contributed by atoms with Crippen LogP contribution < -0.4 is 30.2 Å². The molecule has 0 heterocycles. The van der Waals surface area contributed by atoms with Crippen LogP contribution in [0.4, 0.5) is 5.69 Å². The van der Waals surface area contributed by atoms with E-state index in [1.54, 1.807) is 40.6 Å². The predicted molar refractivity (Wildman–Crippen MR) is 92.6 cm³/mol. The summed E-state index contributed by atoms with van der Waals surface area (Å²) in [5.41, 5.74) is 4.02. The van der Waals surface area contributed by atoms with Crippen LogP contribution in [0.1, 0.15) is 5.56 Å². The quantitative estimate of drug-likeness (QED) is 0.365. The molecule has 0 atom stereocenters. The molecule has 2 rings (SSSR count). The van der Waals surface area contributed by atoms with Gasteiger partial charge in [-0.3, -0.25) is 0 Å². The number of benzene rings is 2. The molecule has 0 aliphatic rings. The van der Waals surface area contributed by atoms with Gasteiger partial charge in [-0.25, -0.2) is 10.8 Å². The maximum atomic E-state index is 5.64. The van der Waals surface area contributed by atoms with Gasteiger partial charge in [0.1, 0.15) is 11.6 Å². The molecular formula is C17H21N3O4. The second-order valence-corrected chi connectivity index (χ2v) is 4.72. The van der Waals surface area contributed by atoms with Crippen LogP contribution in [0, 0.1) is 0 Å². The first-order valence-corrected chi connectivity index (χ1v) is 7.16. The molecule has 0 aliphatic heterocycles. The van der Waals surface area contributed by atoms with E-state index in [0.29, 0.717) is 28.6 Å². The third-order valence-electron chi connectivity index (χ3n) is 3.39. The average molecular weight is 331 g/mol. The highest BCUT2D eigenvalue weighted by molar-refractivity contribution is 6.01. The van der Waals surface area contributed by atoms with Gasteiger partial charge in [0.2, 0.25) is 5.75 Å². The Labute approximate surface area is 141 Å². The largest absolute Gasteiger partial charge is 0.497 e. The fraction of sp³-hybridized carbons (Fsp3) is 0.235. The molecule has 0 fully saturated rings. The van der Waals surface area contributed by atoms with Crippen LogP contribution in [0.2, 0.25) is 0 Å². The van der Waals surface area contributed by atoms with Crippen LogP contribution in [-0.2, 0) is 0 Å². The Morgan fingerprint density at radius 2 is 1.46 bits per heavy atom. The second-order valence-electron chi connectivity index (χ2n) is 4.72. The van der Waals surface area contributed by atoms with Crippen molar-refractivity contribution < 1.29 is 18.9 Å². The van der Waals surface area contributed by atoms with Crippen molar-refractivity contribution in [1.29, 1.82) is 0 Å². The van der Waals surface area contributed by atoms with E-state index < -0.39 is 0 Å². The molecule has 0 saturated carbocycles. The molecule has 0 saturated heterocycles. The van der Waals surface area contributed by atoms with Gasteiger partial charge >= 0.3 is 0 Å². The minimum absolute atomic E-state index is 0.458. The summed E-state index contributed by atoms with van der Waals surface area (Å²) in [5, 5.41) is 0. The van der Waals surface area contributed by atoms with Crippen molar-refractivity contribution >= 4 is 11.5 Å². The zero-order valence-electron chi connectivity index (χ0n) is 14.1. The van der Waals surface area contributed by atoms with Gasteiger partial charge in [0.05, 0.1) is 34.1 Å². The number of nitrogens with zero attached hydrogens (tertiary/aromatic N) is 1. The molecule has 7 heteroatoms. The van der Waals surface area contributed by atoms with Crippen LogP contribution in [0.3, 0.4) is 0 Å². The van der Waals surface area contributed by atoms with E-state index in [1.807, 2.05) is 24.3 Å². The van der Waals surface area contributed by atoms with Gasteiger partial charge in [0.25, 0.3) is 0 Å². The number of methoxy groups -OCH3 is 4. The maximum absolute atomic E-state index is 5.64. The maximum Gasteiger partial charge on any atom is 0.203 e. The summed E-state index contributed by atoms with van der Waals surface area (Å²) in [6.45, 7) is 0. The topological polar surface area (TPSA) is 87.3 Å². The average Bonchev–Trinajstić information content (AvgIpc) is 2.65. The summed E-state index contributed by atoms with van der Waals surface area (Å²) < 4.78 is 21.1. The van der Waals surface area contributed by atoms with E-state index in [1.165, 1.54) is 0 Å². The Morgan fingerprint density at radius 1 is 0.875 bits per heavy atom. The lowest BCUT2D eigenvalue weighted by Gasteiger charge is -2.15. The number of hydrogen-bond donors (Lipinski definition) is 2. The molecule has 2 aromatic carbocycles. The highest BCUT2D eigenvalue weighted by Gasteiger charge is 2.15. The van der Waals surface area contributed by atoms with Gasteiger partial charge < -0.3 is 24.4 Å². The minimum Gasteiger partial charge on any atom is -0.497 e. The third-order valence-corrected chi connectivity index (χ3v) is 3.39. The highest BCUT2D eigenvalue weighted by atomic mass is 16.5. The third kappa shape index (κ3) is 3.69. The van der Waals surface area contributed by atoms with E-state index in [-0.39, 0.29) is 0 Å². The van der Waals surface area contributed by atoms with Crippen molar-refractivity contribution in [3.8, 4) is 23.0 Å². The number of aliphatic imine (C=N–C) groups is 1. The number of nitrogens with two attached hydrogens (primary N) is 1. The van der Waals surface area contributed by atoms with Crippen LogP contribution in [-0.4, -0.2) is 34.3 Å². The fourth-order valence-electron chi connectivity index (χ4n) is 2.18. The first kappa shape index (κ1) is 17.4. The van der Waals surface area contributed by atoms with Crippen LogP contribution in [0.15, 0.2) is 41.4 Å². The molecule has 24 heavy (non-hydrogen) atoms. The number of ether oxygens (including phenoxy) is 4. The van der Waals surface area contributed by atoms with Gasteiger partial charge in [0.15, 0.2) is 11.5 Å². The Kier molecular flexibility index (Phi) is 5.86. The molecule has 2 aromatic rings.